The Morgan fingerprint density at radius 3 is 2.74 bits per heavy atom. The van der Waals surface area contributed by atoms with E-state index in [9.17, 15) is 10.1 Å². The van der Waals surface area contributed by atoms with Gasteiger partial charge >= 0.3 is 6.03 Å². The summed E-state index contributed by atoms with van der Waals surface area (Å²) in [5, 5.41) is 22.1. The van der Waals surface area contributed by atoms with Crippen molar-refractivity contribution >= 4 is 35.1 Å². The molecule has 1 fully saturated rings. The molecule has 1 aromatic carbocycles. The smallest absolute Gasteiger partial charge is 0.319 e. The fourth-order valence-electron chi connectivity index (χ4n) is 2.29. The Balaban J connectivity index is 1.92. The van der Waals surface area contributed by atoms with Gasteiger partial charge in [-0.15, -0.1) is 11.3 Å². The minimum atomic E-state index is -0.855. The molecule has 3 rings (SSSR count). The lowest BCUT2D eigenvalue weighted by Gasteiger charge is -2.34. The highest BCUT2D eigenvalue weighted by atomic mass is 32.1. The van der Waals surface area contributed by atoms with Gasteiger partial charge in [0.05, 0.1) is 11.8 Å². The summed E-state index contributed by atoms with van der Waals surface area (Å²) in [7, 11) is 0. The Morgan fingerprint density at radius 2 is 2.09 bits per heavy atom. The van der Waals surface area contributed by atoms with Crippen molar-refractivity contribution in [3.8, 4) is 6.07 Å². The number of rotatable bonds is 3. The molecular weight excluding hydrogens is 310 g/mol. The van der Waals surface area contributed by atoms with Crippen LogP contribution >= 0.6 is 11.3 Å². The highest BCUT2D eigenvalue weighted by Crippen LogP contribution is 2.21. The standard InChI is InChI=1S/C16H13N5OS/c17-9-13-14(19-10-12-7-4-8-23-12)15(18)21(16(22)20-13)11-5-2-1-3-6-11/h1-8,10,13-14,18H,(H,20,22). The molecule has 1 aliphatic rings. The number of anilines is 1. The van der Waals surface area contributed by atoms with Gasteiger partial charge in [0, 0.05) is 11.1 Å². The van der Waals surface area contributed by atoms with Crippen molar-refractivity contribution in [3.05, 3.63) is 52.7 Å². The van der Waals surface area contributed by atoms with E-state index in [-0.39, 0.29) is 5.84 Å². The first kappa shape index (κ1) is 14.9. The summed E-state index contributed by atoms with van der Waals surface area (Å²) >= 11 is 1.52. The van der Waals surface area contributed by atoms with E-state index in [0.29, 0.717) is 5.69 Å². The fourth-order valence-corrected chi connectivity index (χ4v) is 2.88. The summed E-state index contributed by atoms with van der Waals surface area (Å²) in [5.41, 5.74) is 0.572. The molecule has 114 valence electrons. The average Bonchev–Trinajstić information content (AvgIpc) is 3.08. The summed E-state index contributed by atoms with van der Waals surface area (Å²) in [5.74, 6) is -0.0145. The third-order valence-corrected chi connectivity index (χ3v) is 4.18. The predicted octanol–water partition coefficient (Wildman–Crippen LogP) is 2.63. The topological polar surface area (TPSA) is 92.3 Å². The van der Waals surface area contributed by atoms with E-state index in [1.54, 1.807) is 30.5 Å². The zero-order valence-corrected chi connectivity index (χ0v) is 12.8. The van der Waals surface area contributed by atoms with Gasteiger partial charge in [0.2, 0.25) is 0 Å². The van der Waals surface area contributed by atoms with Crippen LogP contribution in [-0.4, -0.2) is 30.2 Å². The maximum atomic E-state index is 12.2. The number of hydrogen-bond acceptors (Lipinski definition) is 5. The van der Waals surface area contributed by atoms with E-state index in [0.717, 1.165) is 4.88 Å². The maximum absolute atomic E-state index is 12.2. The SMILES string of the molecule is N#CC1NC(=O)N(c2ccccc2)C(=N)C1N=Cc1cccs1. The second-order valence-electron chi connectivity index (χ2n) is 4.85. The van der Waals surface area contributed by atoms with Crippen molar-refractivity contribution in [2.45, 2.75) is 12.1 Å². The lowest BCUT2D eigenvalue weighted by Crippen LogP contribution is -2.61. The number of thiophene rings is 1. The number of amidine groups is 1. The Kier molecular flexibility index (Phi) is 4.17. The van der Waals surface area contributed by atoms with Crippen LogP contribution < -0.4 is 10.2 Å². The van der Waals surface area contributed by atoms with E-state index >= 15 is 0 Å². The lowest BCUT2D eigenvalue weighted by molar-refractivity contribution is 0.244. The van der Waals surface area contributed by atoms with Gasteiger partial charge in [0.25, 0.3) is 0 Å². The second kappa shape index (κ2) is 6.42. The van der Waals surface area contributed by atoms with Crippen LogP contribution in [0.1, 0.15) is 4.88 Å². The number of nitriles is 1. The van der Waals surface area contributed by atoms with Gasteiger partial charge in [-0.2, -0.15) is 5.26 Å². The van der Waals surface area contributed by atoms with E-state index < -0.39 is 18.1 Å². The maximum Gasteiger partial charge on any atom is 0.328 e. The first-order valence-corrected chi connectivity index (χ1v) is 7.79. The zero-order chi connectivity index (χ0) is 16.2. The van der Waals surface area contributed by atoms with Crippen molar-refractivity contribution in [2.24, 2.45) is 4.99 Å². The molecule has 0 aliphatic carbocycles. The van der Waals surface area contributed by atoms with Gasteiger partial charge in [-0.1, -0.05) is 24.3 Å². The normalized spacial score (nSPS) is 21.3. The van der Waals surface area contributed by atoms with Crippen LogP contribution in [0, 0.1) is 16.7 Å². The molecule has 1 aliphatic heterocycles. The zero-order valence-electron chi connectivity index (χ0n) is 12.0. The summed E-state index contributed by atoms with van der Waals surface area (Å²) in [6.45, 7) is 0. The van der Waals surface area contributed by atoms with Gasteiger partial charge in [-0.3, -0.25) is 10.4 Å². The molecule has 2 aromatic rings. The van der Waals surface area contributed by atoms with Crippen LogP contribution in [0.4, 0.5) is 10.5 Å². The summed E-state index contributed by atoms with van der Waals surface area (Å²) in [6.07, 6.45) is 1.63. The van der Waals surface area contributed by atoms with Crippen LogP contribution in [-0.2, 0) is 0 Å². The molecule has 0 radical (unpaired) electrons. The molecule has 1 aromatic heterocycles. The van der Waals surface area contributed by atoms with Crippen molar-refractivity contribution in [3.63, 3.8) is 0 Å². The van der Waals surface area contributed by atoms with Crippen LogP contribution in [0.5, 0.6) is 0 Å². The molecule has 2 N–H and O–H groups in total. The Hall–Kier alpha value is -2.98. The van der Waals surface area contributed by atoms with Crippen LogP contribution in [0.25, 0.3) is 0 Å². The number of nitrogens with one attached hydrogen (secondary N) is 2. The summed E-state index contributed by atoms with van der Waals surface area (Å²) in [4.78, 5) is 18.7. The average molecular weight is 323 g/mol. The van der Waals surface area contributed by atoms with Crippen LogP contribution in [0.15, 0.2) is 52.8 Å². The third kappa shape index (κ3) is 2.98. The number of aliphatic imine (C=N–C) groups is 1. The van der Waals surface area contributed by atoms with Crippen LogP contribution in [0.3, 0.4) is 0 Å². The number of para-hydroxylation sites is 1. The molecule has 6 nitrogen and oxygen atoms in total. The molecule has 2 unspecified atom stereocenters. The highest BCUT2D eigenvalue weighted by Gasteiger charge is 2.39. The number of carbonyl (C=O) groups excluding carboxylic acids is 1. The molecule has 0 spiro atoms. The van der Waals surface area contributed by atoms with Crippen molar-refractivity contribution in [1.29, 1.82) is 10.7 Å². The largest absolute Gasteiger partial charge is 0.328 e. The van der Waals surface area contributed by atoms with E-state index in [2.05, 4.69) is 10.3 Å². The first-order chi connectivity index (χ1) is 11.2. The molecule has 23 heavy (non-hydrogen) atoms. The van der Waals surface area contributed by atoms with Gasteiger partial charge in [-0.25, -0.2) is 9.69 Å². The minimum Gasteiger partial charge on any atom is -0.319 e. The van der Waals surface area contributed by atoms with Gasteiger partial charge in [-0.05, 0) is 23.6 Å². The van der Waals surface area contributed by atoms with E-state index in [1.807, 2.05) is 29.6 Å². The quantitative estimate of drug-likeness (QED) is 0.850. The number of hydrogen-bond donors (Lipinski definition) is 2. The van der Waals surface area contributed by atoms with Gasteiger partial charge < -0.3 is 5.32 Å². The number of carbonyl (C=O) groups is 1. The molecule has 2 atom stereocenters. The molecular formula is C16H13N5OS. The third-order valence-electron chi connectivity index (χ3n) is 3.38. The molecule has 2 heterocycles. The number of nitrogens with zero attached hydrogens (tertiary/aromatic N) is 3. The Bertz CT molecular complexity index is 779. The first-order valence-electron chi connectivity index (χ1n) is 6.91. The summed E-state index contributed by atoms with van der Waals surface area (Å²) in [6, 6.07) is 12.6. The van der Waals surface area contributed by atoms with Crippen molar-refractivity contribution in [2.75, 3.05) is 4.90 Å². The number of urea groups is 1. The predicted molar refractivity (Wildman–Crippen MR) is 90.3 cm³/mol. The van der Waals surface area contributed by atoms with Crippen molar-refractivity contribution < 1.29 is 4.79 Å². The number of amides is 2. The minimum absolute atomic E-state index is 0.0145. The molecule has 2 amide bonds. The van der Waals surface area contributed by atoms with E-state index in [1.165, 1.54) is 16.2 Å². The molecule has 7 heteroatoms. The molecule has 0 saturated carbocycles. The van der Waals surface area contributed by atoms with Crippen LogP contribution in [0.2, 0.25) is 0 Å². The van der Waals surface area contributed by atoms with Gasteiger partial charge in [0.15, 0.2) is 0 Å². The highest BCUT2D eigenvalue weighted by molar-refractivity contribution is 7.11. The van der Waals surface area contributed by atoms with Crippen molar-refractivity contribution in [1.82, 2.24) is 5.32 Å². The number of benzene rings is 1. The summed E-state index contributed by atoms with van der Waals surface area (Å²) < 4.78 is 0. The molecule has 0 bridgehead atoms. The second-order valence-corrected chi connectivity index (χ2v) is 5.83. The monoisotopic (exact) mass is 323 g/mol. The molecule has 1 saturated heterocycles. The van der Waals surface area contributed by atoms with E-state index in [4.69, 9.17) is 5.41 Å². The lowest BCUT2D eigenvalue weighted by atomic mass is 10.1. The Morgan fingerprint density at radius 1 is 1.30 bits per heavy atom. The van der Waals surface area contributed by atoms with Gasteiger partial charge in [0.1, 0.15) is 17.9 Å². The Labute approximate surface area is 137 Å². The fraction of sp³-hybridized carbons (Fsp3) is 0.125.